The van der Waals surface area contributed by atoms with Crippen molar-refractivity contribution in [1.82, 2.24) is 0 Å². The van der Waals surface area contributed by atoms with Crippen LogP contribution in [0.5, 0.6) is 11.5 Å². The molecular weight excluding hydrogens is 341 g/mol. The molecule has 6 nitrogen and oxygen atoms in total. The fourth-order valence-corrected chi connectivity index (χ4v) is 2.53. The number of methoxy groups -OCH3 is 2. The van der Waals surface area contributed by atoms with Crippen molar-refractivity contribution in [2.24, 2.45) is 0 Å². The summed E-state index contributed by atoms with van der Waals surface area (Å²) in [6.45, 7) is 0.748. The Labute approximate surface area is 131 Å². The average Bonchev–Trinajstić information content (AvgIpc) is 2.43. The maximum absolute atomic E-state index is 12.6. The van der Waals surface area contributed by atoms with Gasteiger partial charge in [-0.25, -0.2) is 13.2 Å². The molecule has 0 aromatic heterocycles. The van der Waals surface area contributed by atoms with Crippen LogP contribution in [-0.2, 0) is 14.6 Å². The van der Waals surface area contributed by atoms with Gasteiger partial charge in [0.2, 0.25) is 0 Å². The van der Waals surface area contributed by atoms with E-state index in [0.717, 1.165) is 39.5 Å². The number of hydrogen-bond acceptors (Lipinski definition) is 6. The Morgan fingerprint density at radius 2 is 1.78 bits per heavy atom. The molecule has 1 rings (SSSR count). The predicted octanol–water partition coefficient (Wildman–Crippen LogP) is 2.21. The van der Waals surface area contributed by atoms with Crippen LogP contribution in [-0.4, -0.2) is 47.1 Å². The van der Waals surface area contributed by atoms with Crippen molar-refractivity contribution in [1.29, 1.82) is 0 Å². The van der Waals surface area contributed by atoms with E-state index in [9.17, 15) is 26.4 Å². The van der Waals surface area contributed by atoms with Crippen LogP contribution < -0.4 is 9.47 Å². The van der Waals surface area contributed by atoms with Crippen LogP contribution in [0.3, 0.4) is 0 Å². The zero-order chi connectivity index (χ0) is 18.0. The SMILES string of the molecule is COC(=O)c1c(O[C@@H](C)C(F)(F)F)ccc(S(C)(=O)=O)c1OC. The zero-order valence-corrected chi connectivity index (χ0v) is 13.5. The molecule has 0 aliphatic carbocycles. The molecule has 0 saturated heterocycles. The van der Waals surface area contributed by atoms with Crippen molar-refractivity contribution >= 4 is 15.8 Å². The Bertz CT molecular complexity index is 696. The summed E-state index contributed by atoms with van der Waals surface area (Å²) < 4.78 is 75.4. The Hall–Kier alpha value is -1.97. The second-order valence-corrected chi connectivity index (χ2v) is 6.52. The quantitative estimate of drug-likeness (QED) is 0.753. The van der Waals surface area contributed by atoms with E-state index in [1.54, 1.807) is 0 Å². The molecule has 10 heteroatoms. The van der Waals surface area contributed by atoms with Crippen LogP contribution in [0.1, 0.15) is 17.3 Å². The molecule has 0 amide bonds. The van der Waals surface area contributed by atoms with E-state index in [4.69, 9.17) is 9.47 Å². The first kappa shape index (κ1) is 19.1. The summed E-state index contributed by atoms with van der Waals surface area (Å²) >= 11 is 0. The molecule has 0 saturated carbocycles. The molecule has 23 heavy (non-hydrogen) atoms. The number of halogens is 3. The molecule has 0 spiro atoms. The first-order chi connectivity index (χ1) is 10.4. The van der Waals surface area contributed by atoms with E-state index in [-0.39, 0.29) is 4.90 Å². The summed E-state index contributed by atoms with van der Waals surface area (Å²) in [4.78, 5) is 11.5. The Balaban J connectivity index is 3.57. The summed E-state index contributed by atoms with van der Waals surface area (Å²) in [6.07, 6.45) is -6.03. The first-order valence-electron chi connectivity index (χ1n) is 6.16. The van der Waals surface area contributed by atoms with Crippen LogP contribution in [0.4, 0.5) is 13.2 Å². The van der Waals surface area contributed by atoms with Crippen LogP contribution in [0.25, 0.3) is 0 Å². The molecule has 1 aromatic rings. The van der Waals surface area contributed by atoms with Crippen molar-refractivity contribution in [3.63, 3.8) is 0 Å². The van der Waals surface area contributed by atoms with Gasteiger partial charge in [0.25, 0.3) is 0 Å². The smallest absolute Gasteiger partial charge is 0.425 e. The first-order valence-corrected chi connectivity index (χ1v) is 8.05. The molecule has 130 valence electrons. The Morgan fingerprint density at radius 1 is 1.22 bits per heavy atom. The van der Waals surface area contributed by atoms with Crippen LogP contribution in [0, 0.1) is 0 Å². The molecule has 0 radical (unpaired) electrons. The summed E-state index contributed by atoms with van der Waals surface area (Å²) in [6, 6.07) is 1.95. The van der Waals surface area contributed by atoms with Crippen molar-refractivity contribution in [2.45, 2.75) is 24.1 Å². The lowest BCUT2D eigenvalue weighted by molar-refractivity contribution is -0.189. The zero-order valence-electron chi connectivity index (χ0n) is 12.7. The van der Waals surface area contributed by atoms with Crippen molar-refractivity contribution < 1.29 is 40.6 Å². The highest BCUT2D eigenvalue weighted by Crippen LogP contribution is 2.37. The van der Waals surface area contributed by atoms with Gasteiger partial charge in [0.05, 0.1) is 14.2 Å². The third-order valence-electron chi connectivity index (χ3n) is 2.84. The lowest BCUT2D eigenvalue weighted by Gasteiger charge is -2.21. The van der Waals surface area contributed by atoms with Gasteiger partial charge in [0.1, 0.15) is 16.2 Å². The minimum atomic E-state index is -4.67. The molecule has 0 bridgehead atoms. The molecule has 1 atom stereocenters. The standard InChI is InChI=1S/C13H15F3O6S/c1-7(13(14,15)16)22-8-5-6-9(23(4,18)19)11(20-2)10(8)12(17)21-3/h5-7H,1-4H3/t7-/m0/s1. The lowest BCUT2D eigenvalue weighted by atomic mass is 10.1. The van der Waals surface area contributed by atoms with E-state index in [0.29, 0.717) is 0 Å². The van der Waals surface area contributed by atoms with Gasteiger partial charge in [-0.3, -0.25) is 0 Å². The fourth-order valence-electron chi connectivity index (χ4n) is 1.69. The van der Waals surface area contributed by atoms with Gasteiger partial charge in [-0.05, 0) is 19.1 Å². The van der Waals surface area contributed by atoms with Crippen LogP contribution >= 0.6 is 0 Å². The molecule has 0 aliphatic rings. The number of benzene rings is 1. The van der Waals surface area contributed by atoms with E-state index in [1.165, 1.54) is 0 Å². The maximum atomic E-state index is 12.6. The second kappa shape index (κ2) is 6.65. The molecule has 0 fully saturated rings. The largest absolute Gasteiger partial charge is 0.494 e. The minimum absolute atomic E-state index is 0.368. The Kier molecular flexibility index (Phi) is 5.51. The average molecular weight is 356 g/mol. The molecule has 0 N–H and O–H groups in total. The van der Waals surface area contributed by atoms with Crippen LogP contribution in [0.15, 0.2) is 17.0 Å². The van der Waals surface area contributed by atoms with Crippen LogP contribution in [0.2, 0.25) is 0 Å². The highest BCUT2D eigenvalue weighted by Gasteiger charge is 2.39. The Morgan fingerprint density at radius 3 is 2.17 bits per heavy atom. The van der Waals surface area contributed by atoms with Gasteiger partial charge < -0.3 is 14.2 Å². The number of sulfone groups is 1. The van der Waals surface area contributed by atoms with E-state index < -0.39 is 45.1 Å². The second-order valence-electron chi connectivity index (χ2n) is 4.54. The molecule has 0 unspecified atom stereocenters. The normalized spacial score (nSPS) is 13.3. The van der Waals surface area contributed by atoms with Gasteiger partial charge in [-0.2, -0.15) is 13.2 Å². The fraction of sp³-hybridized carbons (Fsp3) is 0.462. The van der Waals surface area contributed by atoms with E-state index in [1.807, 2.05) is 0 Å². The summed E-state index contributed by atoms with van der Waals surface area (Å²) in [5, 5.41) is 0. The van der Waals surface area contributed by atoms with Crippen molar-refractivity contribution in [2.75, 3.05) is 20.5 Å². The third-order valence-corrected chi connectivity index (χ3v) is 3.96. The number of rotatable bonds is 5. The molecular formula is C13H15F3O6S. The number of hydrogen-bond donors (Lipinski definition) is 0. The number of alkyl halides is 3. The van der Waals surface area contributed by atoms with E-state index in [2.05, 4.69) is 4.74 Å². The number of carbonyl (C=O) groups is 1. The van der Waals surface area contributed by atoms with Gasteiger partial charge in [0, 0.05) is 6.26 Å². The van der Waals surface area contributed by atoms with Gasteiger partial charge >= 0.3 is 12.1 Å². The lowest BCUT2D eigenvalue weighted by Crippen LogP contribution is -2.31. The number of carbonyl (C=O) groups excluding carboxylic acids is 1. The molecule has 0 aliphatic heterocycles. The number of ether oxygens (including phenoxy) is 3. The summed E-state index contributed by atoms with van der Waals surface area (Å²) in [5.74, 6) is -2.02. The highest BCUT2D eigenvalue weighted by atomic mass is 32.2. The number of esters is 1. The van der Waals surface area contributed by atoms with Gasteiger partial charge in [-0.15, -0.1) is 0 Å². The summed E-state index contributed by atoms with van der Waals surface area (Å²) in [5.41, 5.74) is -0.533. The van der Waals surface area contributed by atoms with E-state index >= 15 is 0 Å². The molecule has 1 aromatic carbocycles. The highest BCUT2D eigenvalue weighted by molar-refractivity contribution is 7.90. The molecule has 0 heterocycles. The topological polar surface area (TPSA) is 78.9 Å². The third kappa shape index (κ3) is 4.27. The summed E-state index contributed by atoms with van der Waals surface area (Å²) in [7, 11) is -1.73. The van der Waals surface area contributed by atoms with Crippen molar-refractivity contribution in [3.05, 3.63) is 17.7 Å². The minimum Gasteiger partial charge on any atom is -0.494 e. The van der Waals surface area contributed by atoms with Gasteiger partial charge in [0.15, 0.2) is 21.7 Å². The predicted molar refractivity (Wildman–Crippen MR) is 73.6 cm³/mol. The van der Waals surface area contributed by atoms with Gasteiger partial charge in [-0.1, -0.05) is 0 Å². The monoisotopic (exact) mass is 356 g/mol. The maximum Gasteiger partial charge on any atom is 0.425 e. The van der Waals surface area contributed by atoms with Crippen molar-refractivity contribution in [3.8, 4) is 11.5 Å².